The molecule has 3 N–H and O–H groups in total. The number of carbonyl (C=O) groups is 1. The molecular formula is C16H16N4O3S. The minimum absolute atomic E-state index is 0.0372. The number of carbonyl (C=O) groups excluding carboxylic acids is 1. The molecular weight excluding hydrogens is 328 g/mol. The molecule has 1 aromatic carbocycles. The van der Waals surface area contributed by atoms with Crippen molar-refractivity contribution in [1.82, 2.24) is 14.7 Å². The molecule has 0 saturated heterocycles. The Kier molecular flexibility index (Phi) is 4.08. The van der Waals surface area contributed by atoms with Crippen LogP contribution in [0.1, 0.15) is 21.6 Å². The van der Waals surface area contributed by atoms with Crippen LogP contribution in [0.3, 0.4) is 0 Å². The number of primary sulfonamides is 1. The van der Waals surface area contributed by atoms with Crippen molar-refractivity contribution in [3.63, 3.8) is 0 Å². The first-order valence-electron chi connectivity index (χ1n) is 7.19. The Morgan fingerprint density at radius 3 is 2.62 bits per heavy atom. The van der Waals surface area contributed by atoms with E-state index in [1.165, 1.54) is 12.1 Å². The van der Waals surface area contributed by atoms with Crippen molar-refractivity contribution in [3.8, 4) is 0 Å². The van der Waals surface area contributed by atoms with Crippen molar-refractivity contribution in [2.45, 2.75) is 18.4 Å². The molecule has 8 heteroatoms. The monoisotopic (exact) mass is 344 g/mol. The molecule has 3 rings (SSSR count). The van der Waals surface area contributed by atoms with Gasteiger partial charge in [0.15, 0.2) is 0 Å². The summed E-state index contributed by atoms with van der Waals surface area (Å²) in [5, 5.41) is 7.85. The molecule has 0 fully saturated rings. The zero-order valence-electron chi connectivity index (χ0n) is 12.9. The van der Waals surface area contributed by atoms with Gasteiger partial charge >= 0.3 is 0 Å². The molecule has 0 saturated carbocycles. The summed E-state index contributed by atoms with van der Waals surface area (Å²) in [6.45, 7) is 2.13. The molecule has 124 valence electrons. The third kappa shape index (κ3) is 3.29. The second-order valence-electron chi connectivity index (χ2n) is 5.41. The molecule has 1 amide bonds. The van der Waals surface area contributed by atoms with Gasteiger partial charge in [-0.1, -0.05) is 12.1 Å². The highest BCUT2D eigenvalue weighted by atomic mass is 32.2. The van der Waals surface area contributed by atoms with Crippen LogP contribution >= 0.6 is 0 Å². The van der Waals surface area contributed by atoms with Crippen LogP contribution in [0.15, 0.2) is 53.7 Å². The van der Waals surface area contributed by atoms with Gasteiger partial charge in [0.05, 0.1) is 16.2 Å². The zero-order chi connectivity index (χ0) is 17.3. The smallest absolute Gasteiger partial charge is 0.255 e. The predicted octanol–water partition coefficient (Wildman–Crippen LogP) is 1.22. The molecule has 7 nitrogen and oxygen atoms in total. The molecule has 2 aromatic heterocycles. The Morgan fingerprint density at radius 1 is 1.25 bits per heavy atom. The molecule has 3 aromatic rings. The van der Waals surface area contributed by atoms with Crippen molar-refractivity contribution in [2.75, 3.05) is 0 Å². The minimum Gasteiger partial charge on any atom is -0.348 e. The van der Waals surface area contributed by atoms with Crippen molar-refractivity contribution in [1.29, 1.82) is 0 Å². The van der Waals surface area contributed by atoms with Crippen LogP contribution in [0.2, 0.25) is 0 Å². The first-order chi connectivity index (χ1) is 11.3. The standard InChI is InChI=1S/C16H16N4O3S/c1-11-10-20-8-2-3-14(15(20)19-11)16(21)18-9-12-4-6-13(7-5-12)24(17,22)23/h2-8,10H,9H2,1H3,(H,18,21)(H2,17,22,23). The zero-order valence-corrected chi connectivity index (χ0v) is 13.7. The van der Waals surface area contributed by atoms with E-state index in [1.54, 1.807) is 28.7 Å². The molecule has 0 aliphatic carbocycles. The second-order valence-corrected chi connectivity index (χ2v) is 6.97. The number of benzene rings is 1. The topological polar surface area (TPSA) is 107 Å². The number of hydrogen-bond acceptors (Lipinski definition) is 4. The van der Waals surface area contributed by atoms with Crippen molar-refractivity contribution in [3.05, 3.63) is 65.6 Å². The maximum absolute atomic E-state index is 12.4. The van der Waals surface area contributed by atoms with Gasteiger partial charge in [0.1, 0.15) is 5.65 Å². The van der Waals surface area contributed by atoms with Crippen LogP contribution in [0.25, 0.3) is 5.65 Å². The van der Waals surface area contributed by atoms with Gasteiger partial charge in [-0.3, -0.25) is 4.79 Å². The quantitative estimate of drug-likeness (QED) is 0.742. The van der Waals surface area contributed by atoms with Gasteiger partial charge in [-0.2, -0.15) is 0 Å². The Hall–Kier alpha value is -2.71. The Balaban J connectivity index is 1.75. The number of nitrogens with zero attached hydrogens (tertiary/aromatic N) is 2. The summed E-state index contributed by atoms with van der Waals surface area (Å²) < 4.78 is 24.2. The van der Waals surface area contributed by atoms with Crippen molar-refractivity contribution in [2.24, 2.45) is 5.14 Å². The number of pyridine rings is 1. The van der Waals surface area contributed by atoms with Crippen LogP contribution in [-0.2, 0) is 16.6 Å². The number of nitrogens with one attached hydrogen (secondary N) is 1. The van der Waals surface area contributed by atoms with E-state index in [0.29, 0.717) is 11.2 Å². The number of fused-ring (bicyclic) bond motifs is 1. The number of amides is 1. The van der Waals surface area contributed by atoms with Gasteiger partial charge < -0.3 is 9.72 Å². The Morgan fingerprint density at radius 2 is 1.96 bits per heavy atom. The number of hydrogen-bond donors (Lipinski definition) is 2. The fourth-order valence-corrected chi connectivity index (χ4v) is 2.90. The van der Waals surface area contributed by atoms with Gasteiger partial charge in [0, 0.05) is 18.9 Å². The first-order valence-corrected chi connectivity index (χ1v) is 8.73. The fourth-order valence-electron chi connectivity index (χ4n) is 2.39. The normalized spacial score (nSPS) is 11.6. The summed E-state index contributed by atoms with van der Waals surface area (Å²) >= 11 is 0. The lowest BCUT2D eigenvalue weighted by molar-refractivity contribution is 0.0952. The van der Waals surface area contributed by atoms with Crippen LogP contribution in [0, 0.1) is 6.92 Å². The number of sulfonamides is 1. The average molecular weight is 344 g/mol. The molecule has 0 bridgehead atoms. The summed E-state index contributed by atoms with van der Waals surface area (Å²) in [6, 6.07) is 9.54. The van der Waals surface area contributed by atoms with Gasteiger partial charge in [0.25, 0.3) is 5.91 Å². The van der Waals surface area contributed by atoms with E-state index in [-0.39, 0.29) is 17.3 Å². The summed E-state index contributed by atoms with van der Waals surface area (Å²) in [5.74, 6) is -0.248. The summed E-state index contributed by atoms with van der Waals surface area (Å²) in [5.41, 5.74) is 2.67. The van der Waals surface area contributed by atoms with Crippen molar-refractivity contribution < 1.29 is 13.2 Å². The van der Waals surface area contributed by atoms with Crippen LogP contribution in [0.5, 0.6) is 0 Å². The van der Waals surface area contributed by atoms with E-state index in [9.17, 15) is 13.2 Å². The van der Waals surface area contributed by atoms with E-state index < -0.39 is 10.0 Å². The highest BCUT2D eigenvalue weighted by Gasteiger charge is 2.12. The van der Waals surface area contributed by atoms with Gasteiger partial charge in [-0.05, 0) is 36.8 Å². The third-order valence-corrected chi connectivity index (χ3v) is 4.48. The van der Waals surface area contributed by atoms with Crippen LogP contribution in [-0.4, -0.2) is 23.7 Å². The molecule has 0 atom stereocenters. The number of rotatable bonds is 4. The maximum atomic E-state index is 12.4. The highest BCUT2D eigenvalue weighted by Crippen LogP contribution is 2.12. The fraction of sp³-hybridized carbons (Fsp3) is 0.125. The van der Waals surface area contributed by atoms with Gasteiger partial charge in [-0.25, -0.2) is 18.5 Å². The third-order valence-electron chi connectivity index (χ3n) is 3.55. The Bertz CT molecular complexity index is 1010. The molecule has 0 aliphatic rings. The molecule has 0 aliphatic heterocycles. The molecule has 2 heterocycles. The van der Waals surface area contributed by atoms with E-state index in [0.717, 1.165) is 11.3 Å². The van der Waals surface area contributed by atoms with E-state index in [4.69, 9.17) is 5.14 Å². The summed E-state index contributed by atoms with van der Waals surface area (Å²) in [4.78, 5) is 16.8. The molecule has 0 spiro atoms. The average Bonchev–Trinajstić information content (AvgIpc) is 2.92. The van der Waals surface area contributed by atoms with Gasteiger partial charge in [-0.15, -0.1) is 0 Å². The number of aryl methyl sites for hydroxylation is 1. The van der Waals surface area contributed by atoms with E-state index >= 15 is 0 Å². The number of aromatic nitrogens is 2. The lowest BCUT2D eigenvalue weighted by Gasteiger charge is -2.07. The van der Waals surface area contributed by atoms with Gasteiger partial charge in [0.2, 0.25) is 10.0 Å². The van der Waals surface area contributed by atoms with Crippen LogP contribution in [0.4, 0.5) is 0 Å². The largest absolute Gasteiger partial charge is 0.348 e. The van der Waals surface area contributed by atoms with Crippen molar-refractivity contribution >= 4 is 21.6 Å². The summed E-state index contributed by atoms with van der Waals surface area (Å²) in [6.07, 6.45) is 3.68. The molecule has 24 heavy (non-hydrogen) atoms. The lowest BCUT2D eigenvalue weighted by Crippen LogP contribution is -2.23. The molecule has 0 radical (unpaired) electrons. The summed E-state index contributed by atoms with van der Waals surface area (Å²) in [7, 11) is -3.71. The van der Waals surface area contributed by atoms with E-state index in [2.05, 4.69) is 10.3 Å². The number of nitrogens with two attached hydrogens (primary N) is 1. The predicted molar refractivity (Wildman–Crippen MR) is 88.9 cm³/mol. The molecule has 0 unspecified atom stereocenters. The minimum atomic E-state index is -3.71. The Labute approximate surface area is 139 Å². The maximum Gasteiger partial charge on any atom is 0.255 e. The SMILES string of the molecule is Cc1cn2cccc(C(=O)NCc3ccc(S(N)(=O)=O)cc3)c2n1. The van der Waals surface area contributed by atoms with E-state index in [1.807, 2.05) is 19.3 Å². The second kappa shape index (κ2) is 6.06. The lowest BCUT2D eigenvalue weighted by atomic mass is 10.2. The van der Waals surface area contributed by atoms with Crippen LogP contribution < -0.4 is 10.5 Å². The highest BCUT2D eigenvalue weighted by molar-refractivity contribution is 7.89. The first kappa shape index (κ1) is 16.2. The number of imidazole rings is 1.